The van der Waals surface area contributed by atoms with Crippen molar-refractivity contribution in [2.24, 2.45) is 5.16 Å². The molecular weight excluding hydrogens is 741 g/mol. The normalized spacial score (nSPS) is 11.0. The van der Waals surface area contributed by atoms with E-state index in [-0.39, 0.29) is 55.6 Å². The fourth-order valence-corrected chi connectivity index (χ4v) is 5.82. The molecule has 0 aromatic heterocycles. The highest BCUT2D eigenvalue weighted by Gasteiger charge is 2.15. The van der Waals surface area contributed by atoms with Crippen molar-refractivity contribution in [3.8, 4) is 5.75 Å². The van der Waals surface area contributed by atoms with Gasteiger partial charge in [0, 0.05) is 19.5 Å². The zero-order valence-electron chi connectivity index (χ0n) is 25.5. The first-order chi connectivity index (χ1) is 20.2. The van der Waals surface area contributed by atoms with Crippen molar-refractivity contribution in [3.63, 3.8) is 0 Å². The minimum atomic E-state index is -0.388. The highest BCUT2D eigenvalue weighted by atomic mass is 79.9. The predicted octanol–water partition coefficient (Wildman–Crippen LogP) is 5.90. The van der Waals surface area contributed by atoms with Gasteiger partial charge >= 0.3 is 6.09 Å². The molecule has 0 fully saturated rings. The second-order valence-electron chi connectivity index (χ2n) is 10.1. The van der Waals surface area contributed by atoms with Crippen molar-refractivity contribution in [1.82, 2.24) is 20.4 Å². The van der Waals surface area contributed by atoms with Gasteiger partial charge < -0.3 is 35.1 Å². The number of ether oxygens (including phenoxy) is 2. The molecule has 2 rings (SSSR count). The van der Waals surface area contributed by atoms with Gasteiger partial charge in [0.15, 0.2) is 0 Å². The fraction of sp³-hybridized carbons (Fsp3) is 0.500. The molecule has 3 N–H and O–H groups in total. The zero-order valence-corrected chi connectivity index (χ0v) is 30.3. The molecule has 44 heavy (non-hydrogen) atoms. The molecule has 0 saturated carbocycles. The summed E-state index contributed by atoms with van der Waals surface area (Å²) in [5, 5.41) is 18.2. The number of methoxy groups -OCH3 is 1. The van der Waals surface area contributed by atoms with Crippen LogP contribution in [0.4, 0.5) is 4.79 Å². The molecule has 0 aliphatic heterocycles. The maximum Gasteiger partial charge on any atom is 0.407 e. The average Bonchev–Trinajstić information content (AvgIpc) is 2.97. The van der Waals surface area contributed by atoms with Crippen LogP contribution >= 0.6 is 56.7 Å². The van der Waals surface area contributed by atoms with Crippen molar-refractivity contribution in [1.29, 1.82) is 0 Å². The Balaban J connectivity index is 0.00000924. The van der Waals surface area contributed by atoms with E-state index in [2.05, 4.69) is 71.5 Å². The van der Waals surface area contributed by atoms with E-state index in [9.17, 15) is 14.8 Å². The van der Waals surface area contributed by atoms with Gasteiger partial charge in [-0.2, -0.15) is 0 Å². The van der Waals surface area contributed by atoms with Gasteiger partial charge in [-0.3, -0.25) is 4.79 Å². The van der Waals surface area contributed by atoms with Crippen molar-refractivity contribution in [3.05, 3.63) is 62.5 Å². The summed E-state index contributed by atoms with van der Waals surface area (Å²) in [5.74, 6) is 0.274. The molecule has 14 heteroatoms. The summed E-state index contributed by atoms with van der Waals surface area (Å²) in [4.78, 5) is 28.9. The second-order valence-corrected chi connectivity index (χ2v) is 11.8. The summed E-state index contributed by atoms with van der Waals surface area (Å²) in [6.45, 7) is 5.08. The second kappa shape index (κ2) is 24.2. The standard InChI is InChI=1S/C30H43Br2N5O5.2ClH/c1-36(15-7-8-16-37(2)18-10-14-34-30(39)42-22-23-11-5-4-6-12-23)17-9-13-33-29(38)27(35-40)21-24-19-25(31)28(41-3)26(32)20-24;;/h4-6,11-12,19-20,40H,7-10,13-18,21-22H2,1-3H3,(H,33,38)(H,34,39);2*1H/b35-27+;;. The summed E-state index contributed by atoms with van der Waals surface area (Å²) in [5.41, 5.74) is 1.82. The summed E-state index contributed by atoms with van der Waals surface area (Å²) in [6.07, 6.45) is 3.61. The van der Waals surface area contributed by atoms with Crippen LogP contribution in [0.25, 0.3) is 0 Å². The van der Waals surface area contributed by atoms with Gasteiger partial charge in [0.1, 0.15) is 18.1 Å². The van der Waals surface area contributed by atoms with Gasteiger partial charge in [0.25, 0.3) is 5.91 Å². The number of unbranched alkanes of at least 4 members (excludes halogenated alkanes) is 1. The molecule has 0 bridgehead atoms. The number of nitrogens with zero attached hydrogens (tertiary/aromatic N) is 3. The summed E-state index contributed by atoms with van der Waals surface area (Å²) >= 11 is 6.89. The lowest BCUT2D eigenvalue weighted by Gasteiger charge is -2.19. The Morgan fingerprint density at radius 1 is 0.841 bits per heavy atom. The topological polar surface area (TPSA) is 116 Å². The molecule has 0 spiro atoms. The Labute approximate surface area is 290 Å². The summed E-state index contributed by atoms with van der Waals surface area (Å²) in [6, 6.07) is 13.3. The van der Waals surface area contributed by atoms with E-state index in [4.69, 9.17) is 9.47 Å². The maximum atomic E-state index is 12.5. The van der Waals surface area contributed by atoms with Crippen molar-refractivity contribution < 1.29 is 24.3 Å². The molecule has 2 aromatic rings. The first kappa shape index (κ1) is 41.9. The number of hydrogen-bond donors (Lipinski definition) is 3. The van der Waals surface area contributed by atoms with Crippen LogP contribution in [-0.4, -0.2) is 93.2 Å². The first-order valence-electron chi connectivity index (χ1n) is 14.1. The van der Waals surface area contributed by atoms with E-state index in [1.165, 1.54) is 0 Å². The van der Waals surface area contributed by atoms with Gasteiger partial charge in [-0.15, -0.1) is 24.8 Å². The Kier molecular flexibility index (Phi) is 23.0. The maximum absolute atomic E-state index is 12.5. The van der Waals surface area contributed by atoms with E-state index in [1.54, 1.807) is 7.11 Å². The van der Waals surface area contributed by atoms with Crippen LogP contribution in [0.15, 0.2) is 56.6 Å². The Morgan fingerprint density at radius 3 is 1.89 bits per heavy atom. The van der Waals surface area contributed by atoms with Crippen molar-refractivity contribution in [2.45, 2.75) is 38.7 Å². The Bertz CT molecular complexity index is 1130. The predicted molar refractivity (Wildman–Crippen MR) is 187 cm³/mol. The molecule has 0 atom stereocenters. The molecule has 2 aromatic carbocycles. The SMILES string of the molecule is COc1c(Br)cc(C/C(=N\O)C(=O)NCCCN(C)CCCCN(C)CCCNC(=O)OCc2ccccc2)cc1Br.Cl.Cl. The van der Waals surface area contributed by atoms with Gasteiger partial charge in [-0.1, -0.05) is 35.5 Å². The number of carbonyl (C=O) groups excluding carboxylic acids is 2. The monoisotopic (exact) mass is 783 g/mol. The Morgan fingerprint density at radius 2 is 1.36 bits per heavy atom. The number of amides is 2. The van der Waals surface area contributed by atoms with Crippen molar-refractivity contribution in [2.75, 3.05) is 60.5 Å². The number of carbonyl (C=O) groups is 2. The minimum absolute atomic E-state index is 0. The number of rotatable bonds is 19. The highest BCUT2D eigenvalue weighted by molar-refractivity contribution is 9.11. The van der Waals surface area contributed by atoms with Gasteiger partial charge in [-0.05, 0) is 121 Å². The average molecular weight is 786 g/mol. The number of oxime groups is 1. The molecule has 10 nitrogen and oxygen atoms in total. The number of halogens is 4. The van der Waals surface area contributed by atoms with Crippen LogP contribution in [0.2, 0.25) is 0 Å². The lowest BCUT2D eigenvalue weighted by atomic mass is 10.1. The van der Waals surface area contributed by atoms with E-state index in [1.807, 2.05) is 42.5 Å². The summed E-state index contributed by atoms with van der Waals surface area (Å²) < 4.78 is 12.0. The van der Waals surface area contributed by atoms with Crippen LogP contribution in [0.5, 0.6) is 5.75 Å². The highest BCUT2D eigenvalue weighted by Crippen LogP contribution is 2.34. The Hall–Kier alpha value is -2.09. The zero-order chi connectivity index (χ0) is 30.7. The fourth-order valence-electron chi connectivity index (χ4n) is 4.22. The van der Waals surface area contributed by atoms with Crippen molar-refractivity contribution >= 4 is 74.4 Å². The van der Waals surface area contributed by atoms with Crippen LogP contribution in [0, 0.1) is 0 Å². The molecule has 248 valence electrons. The lowest BCUT2D eigenvalue weighted by molar-refractivity contribution is -0.115. The van der Waals surface area contributed by atoms with Crippen LogP contribution in [0.3, 0.4) is 0 Å². The van der Waals surface area contributed by atoms with Gasteiger partial charge in [-0.25, -0.2) is 4.79 Å². The third kappa shape index (κ3) is 16.8. The van der Waals surface area contributed by atoms with Gasteiger partial charge in [0.05, 0.1) is 16.1 Å². The molecule has 0 unspecified atom stereocenters. The molecule has 0 aliphatic carbocycles. The van der Waals surface area contributed by atoms with E-state index >= 15 is 0 Å². The molecule has 0 saturated heterocycles. The van der Waals surface area contributed by atoms with Crippen LogP contribution in [-0.2, 0) is 22.6 Å². The smallest absolute Gasteiger partial charge is 0.407 e. The van der Waals surface area contributed by atoms with E-state index in [0.717, 1.165) is 71.9 Å². The summed E-state index contributed by atoms with van der Waals surface area (Å²) in [7, 11) is 5.75. The number of nitrogens with one attached hydrogen (secondary N) is 2. The minimum Gasteiger partial charge on any atom is -0.494 e. The third-order valence-corrected chi connectivity index (χ3v) is 7.73. The molecule has 2 amide bonds. The molecular formula is C30H45Br2Cl2N5O5. The quantitative estimate of drug-likeness (QED) is 0.0704. The third-order valence-electron chi connectivity index (χ3n) is 6.55. The largest absolute Gasteiger partial charge is 0.494 e. The van der Waals surface area contributed by atoms with E-state index in [0.29, 0.717) is 18.8 Å². The van der Waals surface area contributed by atoms with E-state index < -0.39 is 0 Å². The molecule has 0 radical (unpaired) electrons. The van der Waals surface area contributed by atoms with Crippen LogP contribution in [0.1, 0.15) is 36.8 Å². The number of hydrogen-bond acceptors (Lipinski definition) is 8. The number of benzene rings is 2. The van der Waals surface area contributed by atoms with Crippen LogP contribution < -0.4 is 15.4 Å². The molecule has 0 heterocycles. The van der Waals surface area contributed by atoms with Gasteiger partial charge in [0.2, 0.25) is 0 Å². The first-order valence-corrected chi connectivity index (χ1v) is 15.6. The molecule has 0 aliphatic rings. The lowest BCUT2D eigenvalue weighted by Crippen LogP contribution is -2.34. The number of alkyl carbamates (subject to hydrolysis) is 1.